The summed E-state index contributed by atoms with van der Waals surface area (Å²) in [4.78, 5) is 25.6. The molecule has 2 N–H and O–H groups in total. The molecule has 0 bridgehead atoms. The molecule has 0 fully saturated rings. The molecule has 18 heavy (non-hydrogen) atoms. The van der Waals surface area contributed by atoms with Gasteiger partial charge in [-0.1, -0.05) is 18.2 Å². The van der Waals surface area contributed by atoms with Gasteiger partial charge in [-0.2, -0.15) is 0 Å². The van der Waals surface area contributed by atoms with E-state index >= 15 is 0 Å². The van der Waals surface area contributed by atoms with Crippen molar-refractivity contribution in [1.82, 2.24) is 4.98 Å². The first-order valence-electron chi connectivity index (χ1n) is 5.42. The number of hydrogen-bond donors (Lipinski definition) is 2. The summed E-state index contributed by atoms with van der Waals surface area (Å²) < 4.78 is 0. The summed E-state index contributed by atoms with van der Waals surface area (Å²) in [6, 6.07) is 7.52. The first kappa shape index (κ1) is 15.0. The van der Waals surface area contributed by atoms with E-state index in [0.29, 0.717) is 5.56 Å². The zero-order valence-electron chi connectivity index (χ0n) is 10.5. The molecule has 2 aromatic rings. The van der Waals surface area contributed by atoms with E-state index in [1.165, 1.54) is 0 Å². The van der Waals surface area contributed by atoms with Crippen LogP contribution in [0.2, 0.25) is 0 Å². The molecule has 0 amide bonds. The molecule has 4 nitrogen and oxygen atoms in total. The van der Waals surface area contributed by atoms with Gasteiger partial charge in [0.25, 0.3) is 0 Å². The van der Waals surface area contributed by atoms with Crippen molar-refractivity contribution in [1.29, 1.82) is 0 Å². The van der Waals surface area contributed by atoms with Crippen molar-refractivity contribution in [3.05, 3.63) is 35.5 Å². The van der Waals surface area contributed by atoms with Crippen molar-refractivity contribution in [3.8, 4) is 0 Å². The number of carboxylic acids is 1. The molecule has 88 valence electrons. The Hall–Kier alpha value is -1.10. The molecule has 1 aromatic carbocycles. The van der Waals surface area contributed by atoms with Crippen molar-refractivity contribution in [2.24, 2.45) is 0 Å². The van der Waals surface area contributed by atoms with Gasteiger partial charge in [-0.3, -0.25) is 9.59 Å². The van der Waals surface area contributed by atoms with E-state index in [1.54, 1.807) is 0 Å². The van der Waals surface area contributed by atoms with Gasteiger partial charge < -0.3 is 10.1 Å². The van der Waals surface area contributed by atoms with E-state index in [9.17, 15) is 9.59 Å². The number of aryl methyl sites for hydroxylation is 1. The van der Waals surface area contributed by atoms with Crippen molar-refractivity contribution < 1.29 is 44.3 Å². The van der Waals surface area contributed by atoms with Gasteiger partial charge in [-0.15, -0.1) is 0 Å². The van der Waals surface area contributed by atoms with Crippen LogP contribution < -0.4 is 29.6 Å². The Morgan fingerprint density at radius 2 is 1.89 bits per heavy atom. The van der Waals surface area contributed by atoms with Crippen molar-refractivity contribution in [2.45, 2.75) is 19.8 Å². The van der Waals surface area contributed by atoms with Crippen LogP contribution in [0.25, 0.3) is 10.9 Å². The third kappa shape index (κ3) is 3.02. The van der Waals surface area contributed by atoms with Gasteiger partial charge >= 0.3 is 35.5 Å². The van der Waals surface area contributed by atoms with Crippen molar-refractivity contribution in [2.75, 3.05) is 0 Å². The number of carboxylic acid groups (broad SMARTS) is 1. The van der Waals surface area contributed by atoms with Crippen LogP contribution in [0.3, 0.4) is 0 Å². The Bertz CT molecular complexity index is 589. The van der Waals surface area contributed by atoms with Crippen LogP contribution in [0, 0.1) is 6.92 Å². The van der Waals surface area contributed by atoms with Gasteiger partial charge in [0.05, 0.1) is 6.42 Å². The number of ketones is 1. The summed E-state index contributed by atoms with van der Waals surface area (Å²) in [7, 11) is 0. The number of para-hydroxylation sites is 1. The predicted molar refractivity (Wildman–Crippen MR) is 64.2 cm³/mol. The number of hydrogen-bond acceptors (Lipinski definition) is 2. The summed E-state index contributed by atoms with van der Waals surface area (Å²) >= 11 is 0. The Morgan fingerprint density at radius 1 is 1.22 bits per heavy atom. The number of Topliss-reactive ketones (excluding diaryl/α,β-unsaturated/α-hetero) is 1. The molecule has 0 radical (unpaired) electrons. The molecule has 0 atom stereocenters. The molecule has 0 aliphatic carbocycles. The molecule has 0 spiro atoms. The number of H-pyrrole nitrogens is 1. The monoisotopic (exact) mass is 254 g/mol. The molecule has 2 rings (SSSR count). The maximum atomic E-state index is 12.0. The minimum Gasteiger partial charge on any atom is -0.481 e. The van der Waals surface area contributed by atoms with Crippen LogP contribution in [0.4, 0.5) is 0 Å². The maximum Gasteiger partial charge on any atom is 1.00 e. The summed E-state index contributed by atoms with van der Waals surface area (Å²) in [5.41, 5.74) is 2.31. The third-order valence-corrected chi connectivity index (χ3v) is 2.74. The molecular weight excluding hydrogens is 241 g/mol. The number of fused-ring (bicyclic) bond motifs is 1. The van der Waals surface area contributed by atoms with Crippen molar-refractivity contribution >= 4 is 22.7 Å². The standard InChI is InChI=1S/C13H13NO3.Na/c1-8-13(11(15)6-7-12(16)17)9-4-2-3-5-10(9)14-8;/h2-5,14H,6-7H2,1H3,(H,16,17);/q;+1. The van der Waals surface area contributed by atoms with E-state index in [2.05, 4.69) is 4.98 Å². The number of aromatic amines is 1. The van der Waals surface area contributed by atoms with Gasteiger partial charge in [0, 0.05) is 28.6 Å². The molecule has 0 saturated heterocycles. The normalized spacial score (nSPS) is 10.1. The Kier molecular flexibility index (Phi) is 5.14. The smallest absolute Gasteiger partial charge is 0.481 e. The zero-order chi connectivity index (χ0) is 12.4. The second kappa shape index (κ2) is 6.18. The van der Waals surface area contributed by atoms with Gasteiger partial charge in [-0.05, 0) is 13.0 Å². The van der Waals surface area contributed by atoms with Crippen molar-refractivity contribution in [3.63, 3.8) is 0 Å². The maximum absolute atomic E-state index is 12.0. The minimum atomic E-state index is -0.948. The summed E-state index contributed by atoms with van der Waals surface area (Å²) in [6.45, 7) is 1.83. The SMILES string of the molecule is Cc1[nH]c2ccccc2c1C(=O)CCC(=O)O.[Na+]. The fraction of sp³-hybridized carbons (Fsp3) is 0.231. The number of aliphatic carboxylic acids is 1. The van der Waals surface area contributed by atoms with Gasteiger partial charge in [-0.25, -0.2) is 0 Å². The average molecular weight is 254 g/mol. The number of carbonyl (C=O) groups excluding carboxylic acids is 1. The molecule has 0 aliphatic rings. The number of benzene rings is 1. The summed E-state index contributed by atoms with van der Waals surface area (Å²) in [6.07, 6.45) is -0.0875. The molecule has 0 unspecified atom stereocenters. The van der Waals surface area contributed by atoms with Crippen LogP contribution in [0.5, 0.6) is 0 Å². The topological polar surface area (TPSA) is 70.2 Å². The third-order valence-electron chi connectivity index (χ3n) is 2.74. The van der Waals surface area contributed by atoms with Crippen LogP contribution >= 0.6 is 0 Å². The van der Waals surface area contributed by atoms with Crippen LogP contribution in [0.15, 0.2) is 24.3 Å². The second-order valence-electron chi connectivity index (χ2n) is 3.99. The first-order chi connectivity index (χ1) is 8.09. The quantitative estimate of drug-likeness (QED) is 0.572. The van der Waals surface area contributed by atoms with Gasteiger partial charge in [0.2, 0.25) is 0 Å². The fourth-order valence-electron chi connectivity index (χ4n) is 1.98. The van der Waals surface area contributed by atoms with E-state index in [4.69, 9.17) is 5.11 Å². The number of rotatable bonds is 4. The fourth-order valence-corrected chi connectivity index (χ4v) is 1.98. The van der Waals surface area contributed by atoms with E-state index in [0.717, 1.165) is 16.6 Å². The zero-order valence-corrected chi connectivity index (χ0v) is 12.5. The minimum absolute atomic E-state index is 0. The molecule has 0 aliphatic heterocycles. The molecular formula is C13H13NNaO3+. The number of nitrogens with one attached hydrogen (secondary N) is 1. The van der Waals surface area contributed by atoms with Crippen LogP contribution in [0.1, 0.15) is 28.9 Å². The van der Waals surface area contributed by atoms with Gasteiger partial charge in [0.15, 0.2) is 5.78 Å². The number of carbonyl (C=O) groups is 2. The molecule has 5 heteroatoms. The Labute approximate surface area is 127 Å². The average Bonchev–Trinajstić information content (AvgIpc) is 2.61. The van der Waals surface area contributed by atoms with Crippen LogP contribution in [-0.2, 0) is 4.79 Å². The molecule has 0 saturated carbocycles. The largest absolute Gasteiger partial charge is 1.00 e. The summed E-state index contributed by atoms with van der Waals surface area (Å²) in [5, 5.41) is 9.44. The van der Waals surface area contributed by atoms with Gasteiger partial charge in [0.1, 0.15) is 0 Å². The number of aromatic nitrogens is 1. The molecule has 1 aromatic heterocycles. The van der Waals surface area contributed by atoms with Crippen LogP contribution in [-0.4, -0.2) is 21.8 Å². The molecule has 1 heterocycles. The van der Waals surface area contributed by atoms with E-state index in [1.807, 2.05) is 31.2 Å². The van der Waals surface area contributed by atoms with E-state index in [-0.39, 0.29) is 48.2 Å². The predicted octanol–water partition coefficient (Wildman–Crippen LogP) is -0.472. The Balaban J connectivity index is 0.00000162. The Morgan fingerprint density at radius 3 is 2.56 bits per heavy atom. The summed E-state index contributed by atoms with van der Waals surface area (Å²) in [5.74, 6) is -1.07. The first-order valence-corrected chi connectivity index (χ1v) is 5.42. The second-order valence-corrected chi connectivity index (χ2v) is 3.99. The van der Waals surface area contributed by atoms with E-state index < -0.39 is 5.97 Å².